The molecule has 1 heterocycles. The Balaban J connectivity index is 2.40. The highest BCUT2D eigenvalue weighted by Gasteiger charge is 2.29. The quantitative estimate of drug-likeness (QED) is 0.657. The Morgan fingerprint density at radius 3 is 3.07 bits per heavy atom. The molecular formula is C9H12N2O3. The number of nitrogens with zero attached hydrogens (tertiary/aromatic N) is 1. The maximum atomic E-state index is 11.0. The van der Waals surface area contributed by atoms with Crippen LogP contribution in [-0.4, -0.2) is 16.1 Å². The number of hydrogen-bond donors (Lipinski definition) is 2. The molecule has 0 aromatic carbocycles. The number of aliphatic carboxylic acids is 1. The van der Waals surface area contributed by atoms with Crippen LogP contribution in [0.2, 0.25) is 0 Å². The molecule has 1 atom stereocenters. The van der Waals surface area contributed by atoms with Crippen LogP contribution in [0.5, 0.6) is 0 Å². The van der Waals surface area contributed by atoms with Crippen molar-refractivity contribution in [3.05, 3.63) is 11.5 Å². The van der Waals surface area contributed by atoms with Crippen molar-refractivity contribution in [3.8, 4) is 0 Å². The van der Waals surface area contributed by atoms with Crippen LogP contribution in [0.4, 0.5) is 6.01 Å². The molecule has 0 radical (unpaired) electrons. The van der Waals surface area contributed by atoms with Gasteiger partial charge in [0.15, 0.2) is 0 Å². The smallest absolute Gasteiger partial charge is 0.312 e. The first-order valence-corrected chi connectivity index (χ1v) is 4.66. The van der Waals surface area contributed by atoms with Crippen molar-refractivity contribution < 1.29 is 14.3 Å². The lowest BCUT2D eigenvalue weighted by atomic mass is 10.0. The molecule has 5 nitrogen and oxygen atoms in total. The Labute approximate surface area is 80.9 Å². The molecule has 0 spiro atoms. The molecule has 0 aliphatic heterocycles. The lowest BCUT2D eigenvalue weighted by Crippen LogP contribution is -2.12. The first-order valence-electron chi connectivity index (χ1n) is 4.66. The fourth-order valence-electron chi connectivity index (χ4n) is 1.84. The minimum atomic E-state index is -0.846. The summed E-state index contributed by atoms with van der Waals surface area (Å²) in [6.07, 6.45) is 3.19. The predicted octanol–water partition coefficient (Wildman–Crippen LogP) is 1.15. The summed E-state index contributed by atoms with van der Waals surface area (Å²) in [5.74, 6) is -0.748. The number of carboxylic acid groups (broad SMARTS) is 1. The van der Waals surface area contributed by atoms with E-state index in [1.165, 1.54) is 0 Å². The molecule has 1 aliphatic carbocycles. The summed E-state index contributed by atoms with van der Waals surface area (Å²) in [6.45, 7) is 0. The third-order valence-corrected chi connectivity index (χ3v) is 2.52. The first kappa shape index (κ1) is 9.05. The molecule has 0 saturated carbocycles. The molecule has 14 heavy (non-hydrogen) atoms. The Kier molecular flexibility index (Phi) is 2.15. The largest absolute Gasteiger partial charge is 0.481 e. The molecule has 3 N–H and O–H groups in total. The summed E-state index contributed by atoms with van der Waals surface area (Å²) < 4.78 is 5.17. The molecular weight excluding hydrogens is 184 g/mol. The normalized spacial score (nSPS) is 21.3. The highest BCUT2D eigenvalue weighted by molar-refractivity contribution is 5.75. The van der Waals surface area contributed by atoms with Crippen molar-refractivity contribution in [2.45, 2.75) is 31.6 Å². The predicted molar refractivity (Wildman–Crippen MR) is 48.8 cm³/mol. The third kappa shape index (κ3) is 1.45. The number of nitrogens with two attached hydrogens (primary N) is 1. The maximum Gasteiger partial charge on any atom is 0.312 e. The van der Waals surface area contributed by atoms with Crippen LogP contribution in [0.1, 0.15) is 36.6 Å². The Morgan fingerprint density at radius 1 is 1.57 bits per heavy atom. The van der Waals surface area contributed by atoms with Crippen LogP contribution < -0.4 is 5.73 Å². The van der Waals surface area contributed by atoms with Gasteiger partial charge in [0, 0.05) is 6.42 Å². The molecule has 1 aromatic rings. The zero-order valence-corrected chi connectivity index (χ0v) is 7.69. The van der Waals surface area contributed by atoms with E-state index in [2.05, 4.69) is 4.98 Å². The minimum Gasteiger partial charge on any atom is -0.481 e. The van der Waals surface area contributed by atoms with Gasteiger partial charge >= 0.3 is 5.97 Å². The summed E-state index contributed by atoms with van der Waals surface area (Å²) >= 11 is 0. The number of aromatic nitrogens is 1. The van der Waals surface area contributed by atoms with Crippen LogP contribution in [0, 0.1) is 0 Å². The number of aryl methyl sites for hydroxylation is 1. The molecule has 0 bridgehead atoms. The lowest BCUT2D eigenvalue weighted by Gasteiger charge is -2.05. The molecule has 1 aliphatic rings. The van der Waals surface area contributed by atoms with Crippen LogP contribution in [-0.2, 0) is 11.2 Å². The molecule has 76 valence electrons. The number of carbonyl (C=O) groups is 1. The summed E-state index contributed by atoms with van der Waals surface area (Å²) in [4.78, 5) is 14.9. The summed E-state index contributed by atoms with van der Waals surface area (Å²) in [5, 5.41) is 9.00. The molecule has 1 aromatic heterocycles. The highest BCUT2D eigenvalue weighted by atomic mass is 16.4. The second-order valence-electron chi connectivity index (χ2n) is 3.50. The second kappa shape index (κ2) is 3.32. The average molecular weight is 196 g/mol. The Hall–Kier alpha value is -1.52. The number of fused-ring (bicyclic) bond motifs is 1. The zero-order valence-electron chi connectivity index (χ0n) is 7.69. The number of oxazole rings is 1. The van der Waals surface area contributed by atoms with Gasteiger partial charge in [-0.3, -0.25) is 4.79 Å². The van der Waals surface area contributed by atoms with Crippen molar-refractivity contribution in [3.63, 3.8) is 0 Å². The topological polar surface area (TPSA) is 89.4 Å². The van der Waals surface area contributed by atoms with Crippen molar-refractivity contribution in [2.24, 2.45) is 0 Å². The van der Waals surface area contributed by atoms with Crippen molar-refractivity contribution in [1.82, 2.24) is 4.98 Å². The van der Waals surface area contributed by atoms with Gasteiger partial charge in [0.25, 0.3) is 6.01 Å². The molecule has 0 fully saturated rings. The SMILES string of the molecule is Nc1nc2c(o1)CCCCC2C(=O)O. The van der Waals surface area contributed by atoms with Crippen molar-refractivity contribution in [2.75, 3.05) is 5.73 Å². The third-order valence-electron chi connectivity index (χ3n) is 2.52. The molecule has 5 heteroatoms. The fourth-order valence-corrected chi connectivity index (χ4v) is 1.84. The van der Waals surface area contributed by atoms with Gasteiger partial charge in [-0.15, -0.1) is 0 Å². The number of nitrogen functional groups attached to an aromatic ring is 1. The van der Waals surface area contributed by atoms with E-state index in [0.717, 1.165) is 19.3 Å². The lowest BCUT2D eigenvalue weighted by molar-refractivity contribution is -0.139. The van der Waals surface area contributed by atoms with Crippen LogP contribution in [0.15, 0.2) is 4.42 Å². The van der Waals surface area contributed by atoms with Crippen LogP contribution in [0.3, 0.4) is 0 Å². The second-order valence-corrected chi connectivity index (χ2v) is 3.50. The van der Waals surface area contributed by atoms with Gasteiger partial charge < -0.3 is 15.3 Å². The van der Waals surface area contributed by atoms with Crippen LogP contribution >= 0.6 is 0 Å². The fraction of sp³-hybridized carbons (Fsp3) is 0.556. The van der Waals surface area contributed by atoms with Gasteiger partial charge in [-0.25, -0.2) is 0 Å². The van der Waals surface area contributed by atoms with E-state index in [-0.39, 0.29) is 6.01 Å². The average Bonchev–Trinajstić information content (AvgIpc) is 2.35. The van der Waals surface area contributed by atoms with Crippen molar-refractivity contribution >= 4 is 12.0 Å². The van der Waals surface area contributed by atoms with E-state index >= 15 is 0 Å². The summed E-state index contributed by atoms with van der Waals surface area (Å²) in [6, 6.07) is 0.0724. The van der Waals surface area contributed by atoms with E-state index in [1.807, 2.05) is 0 Å². The summed E-state index contributed by atoms with van der Waals surface area (Å²) in [7, 11) is 0. The highest BCUT2D eigenvalue weighted by Crippen LogP contribution is 2.31. The zero-order chi connectivity index (χ0) is 10.1. The molecule has 1 unspecified atom stereocenters. The van der Waals surface area contributed by atoms with Gasteiger partial charge in [0.1, 0.15) is 11.7 Å². The van der Waals surface area contributed by atoms with E-state index in [4.69, 9.17) is 15.3 Å². The van der Waals surface area contributed by atoms with E-state index in [0.29, 0.717) is 17.9 Å². The van der Waals surface area contributed by atoms with Gasteiger partial charge in [-0.2, -0.15) is 4.98 Å². The Bertz CT molecular complexity index is 359. The van der Waals surface area contributed by atoms with E-state index in [9.17, 15) is 4.79 Å². The first-order chi connectivity index (χ1) is 6.68. The van der Waals surface area contributed by atoms with Gasteiger partial charge in [0.05, 0.1) is 5.69 Å². The molecule has 0 saturated heterocycles. The maximum absolute atomic E-state index is 11.0. The summed E-state index contributed by atoms with van der Waals surface area (Å²) in [5.41, 5.74) is 5.92. The van der Waals surface area contributed by atoms with Crippen molar-refractivity contribution in [1.29, 1.82) is 0 Å². The van der Waals surface area contributed by atoms with E-state index in [1.54, 1.807) is 0 Å². The van der Waals surface area contributed by atoms with Gasteiger partial charge in [0.2, 0.25) is 0 Å². The number of anilines is 1. The Morgan fingerprint density at radius 2 is 2.36 bits per heavy atom. The van der Waals surface area contributed by atoms with Gasteiger partial charge in [-0.05, 0) is 12.8 Å². The minimum absolute atomic E-state index is 0.0724. The molecule has 0 amide bonds. The van der Waals surface area contributed by atoms with E-state index < -0.39 is 11.9 Å². The molecule has 2 rings (SSSR count). The number of carboxylic acids is 1. The number of hydrogen-bond acceptors (Lipinski definition) is 4. The van der Waals surface area contributed by atoms with Gasteiger partial charge in [-0.1, -0.05) is 6.42 Å². The monoisotopic (exact) mass is 196 g/mol. The van der Waals surface area contributed by atoms with Crippen LogP contribution in [0.25, 0.3) is 0 Å². The standard InChI is InChI=1S/C9H12N2O3/c10-9-11-7-5(8(12)13)3-1-2-4-6(7)14-9/h5H,1-4H2,(H2,10,11)(H,12,13). The number of rotatable bonds is 1.